The van der Waals surface area contributed by atoms with Crippen LogP contribution in [0, 0.1) is 0 Å². The minimum absolute atomic E-state index is 0.00975. The van der Waals surface area contributed by atoms with Gasteiger partial charge in [0, 0.05) is 12.8 Å². The Morgan fingerprint density at radius 2 is 1.08 bits per heavy atom. The minimum Gasteiger partial charge on any atom is -0.481 e. The molecule has 222 valence electrons. The van der Waals surface area contributed by atoms with Crippen molar-refractivity contribution in [1.82, 2.24) is 0 Å². The molecule has 4 nitrogen and oxygen atoms in total. The minimum atomic E-state index is -0.692. The number of allylic oxidation sites excluding steroid dienone is 4. The number of carboxylic acid groups (broad SMARTS) is 1. The molecule has 0 saturated heterocycles. The maximum absolute atomic E-state index is 12.3. The lowest BCUT2D eigenvalue weighted by atomic mass is 10.0. The molecule has 0 aliphatic heterocycles. The quantitative estimate of drug-likeness (QED) is 0.0589. The van der Waals surface area contributed by atoms with E-state index in [4.69, 9.17) is 9.84 Å². The molecule has 0 amide bonds. The Morgan fingerprint density at radius 3 is 1.63 bits per heavy atom. The van der Waals surface area contributed by atoms with Crippen LogP contribution >= 0.6 is 0 Å². The van der Waals surface area contributed by atoms with Gasteiger partial charge in [0.1, 0.15) is 6.10 Å². The van der Waals surface area contributed by atoms with E-state index in [9.17, 15) is 9.59 Å². The first kappa shape index (κ1) is 36.4. The summed E-state index contributed by atoms with van der Waals surface area (Å²) in [5.41, 5.74) is 0. The molecular weight excluding hydrogens is 472 g/mol. The third kappa shape index (κ3) is 29.0. The molecule has 0 radical (unpaired) electrons. The predicted octanol–water partition coefficient (Wildman–Crippen LogP) is 10.9. The Hall–Kier alpha value is -1.58. The molecule has 0 bridgehead atoms. The summed E-state index contributed by atoms with van der Waals surface area (Å²) >= 11 is 0. The largest absolute Gasteiger partial charge is 0.481 e. The van der Waals surface area contributed by atoms with Crippen molar-refractivity contribution in [3.05, 3.63) is 24.3 Å². The van der Waals surface area contributed by atoms with Crippen LogP contribution in [0.3, 0.4) is 0 Å². The van der Waals surface area contributed by atoms with Crippen LogP contribution in [0.2, 0.25) is 0 Å². The van der Waals surface area contributed by atoms with Crippen LogP contribution in [0.25, 0.3) is 0 Å². The summed E-state index contributed by atoms with van der Waals surface area (Å²) in [6.45, 7) is 4.40. The fourth-order valence-electron chi connectivity index (χ4n) is 4.80. The zero-order valence-electron chi connectivity index (χ0n) is 25.2. The van der Waals surface area contributed by atoms with Crippen LogP contribution in [0.15, 0.2) is 24.3 Å². The maximum Gasteiger partial charge on any atom is 0.306 e. The molecular formula is C34H62O4. The normalized spacial score (nSPS) is 12.5. The summed E-state index contributed by atoms with van der Waals surface area (Å²) in [5.74, 6) is -0.701. The monoisotopic (exact) mass is 534 g/mol. The first-order chi connectivity index (χ1) is 18.6. The van der Waals surface area contributed by atoms with Gasteiger partial charge in [-0.2, -0.15) is 0 Å². The van der Waals surface area contributed by atoms with Gasteiger partial charge in [0.15, 0.2) is 0 Å². The number of carbonyl (C=O) groups is 2. The van der Waals surface area contributed by atoms with Crippen molar-refractivity contribution in [2.75, 3.05) is 0 Å². The van der Waals surface area contributed by atoms with Gasteiger partial charge in [0.05, 0.1) is 0 Å². The summed E-state index contributed by atoms with van der Waals surface area (Å²) in [6, 6.07) is 0. The van der Waals surface area contributed by atoms with E-state index in [0.29, 0.717) is 12.8 Å². The van der Waals surface area contributed by atoms with E-state index in [1.165, 1.54) is 83.5 Å². The van der Waals surface area contributed by atoms with Gasteiger partial charge in [-0.1, -0.05) is 122 Å². The number of carboxylic acids is 1. The van der Waals surface area contributed by atoms with E-state index in [-0.39, 0.29) is 12.1 Å². The van der Waals surface area contributed by atoms with Gasteiger partial charge >= 0.3 is 11.9 Å². The molecule has 0 fully saturated rings. The molecule has 4 heteroatoms. The summed E-state index contributed by atoms with van der Waals surface area (Å²) in [7, 11) is 0. The number of ether oxygens (including phenoxy) is 1. The molecule has 1 unspecified atom stereocenters. The third-order valence-corrected chi connectivity index (χ3v) is 7.16. The number of aliphatic carboxylic acids is 1. The number of hydrogen-bond acceptors (Lipinski definition) is 3. The number of esters is 1. The molecule has 0 saturated carbocycles. The SMILES string of the molecule is CCCCC/C=C\C/C=C\CCCCCCCCCC(=O)OC(CCC)CCCCCCCCCC(=O)O. The second-order valence-corrected chi connectivity index (χ2v) is 11.0. The van der Waals surface area contributed by atoms with Crippen LogP contribution < -0.4 is 0 Å². The second kappa shape index (κ2) is 30.0. The fraction of sp³-hybridized carbons (Fsp3) is 0.824. The Kier molecular flexibility index (Phi) is 28.7. The summed E-state index contributed by atoms with van der Waals surface area (Å²) in [4.78, 5) is 22.8. The molecule has 0 aromatic rings. The molecule has 0 aromatic carbocycles. The van der Waals surface area contributed by atoms with E-state index in [0.717, 1.165) is 64.2 Å². The zero-order valence-corrected chi connectivity index (χ0v) is 25.2. The van der Waals surface area contributed by atoms with Gasteiger partial charge in [-0.15, -0.1) is 0 Å². The lowest BCUT2D eigenvalue weighted by Gasteiger charge is -2.17. The summed E-state index contributed by atoms with van der Waals surface area (Å²) in [6.07, 6.45) is 36.7. The van der Waals surface area contributed by atoms with Crippen molar-refractivity contribution >= 4 is 11.9 Å². The van der Waals surface area contributed by atoms with Crippen LogP contribution in [-0.2, 0) is 14.3 Å². The highest BCUT2D eigenvalue weighted by Gasteiger charge is 2.13. The number of carbonyl (C=O) groups excluding carboxylic acids is 1. The molecule has 0 aliphatic rings. The van der Waals surface area contributed by atoms with Crippen LogP contribution in [0.4, 0.5) is 0 Å². The lowest BCUT2D eigenvalue weighted by Crippen LogP contribution is -2.18. The van der Waals surface area contributed by atoms with Crippen LogP contribution in [-0.4, -0.2) is 23.1 Å². The van der Waals surface area contributed by atoms with Crippen LogP contribution in [0.5, 0.6) is 0 Å². The number of hydrogen-bond donors (Lipinski definition) is 1. The highest BCUT2D eigenvalue weighted by molar-refractivity contribution is 5.69. The van der Waals surface area contributed by atoms with Gasteiger partial charge in [-0.05, 0) is 64.2 Å². The average Bonchev–Trinajstić information content (AvgIpc) is 2.89. The molecule has 1 atom stereocenters. The predicted molar refractivity (Wildman–Crippen MR) is 163 cm³/mol. The van der Waals surface area contributed by atoms with E-state index in [1.54, 1.807) is 0 Å². The van der Waals surface area contributed by atoms with Crippen molar-refractivity contribution in [2.24, 2.45) is 0 Å². The van der Waals surface area contributed by atoms with Crippen molar-refractivity contribution in [2.45, 2.75) is 180 Å². The van der Waals surface area contributed by atoms with Crippen molar-refractivity contribution in [3.8, 4) is 0 Å². The van der Waals surface area contributed by atoms with E-state index in [2.05, 4.69) is 38.2 Å². The van der Waals surface area contributed by atoms with Gasteiger partial charge in [-0.25, -0.2) is 0 Å². The molecule has 0 rings (SSSR count). The van der Waals surface area contributed by atoms with Gasteiger partial charge in [0.25, 0.3) is 0 Å². The topological polar surface area (TPSA) is 63.6 Å². The molecule has 0 aliphatic carbocycles. The zero-order chi connectivity index (χ0) is 27.9. The molecule has 0 heterocycles. The number of unbranched alkanes of at least 4 members (excludes halogenated alkanes) is 16. The van der Waals surface area contributed by atoms with Crippen molar-refractivity contribution < 1.29 is 19.4 Å². The first-order valence-electron chi connectivity index (χ1n) is 16.3. The standard InChI is InChI=1S/C34H62O4/c1-3-5-6-7-8-9-10-11-12-13-14-15-16-17-21-24-27-31-34(37)38-32(28-4-2)29-25-22-19-18-20-23-26-30-33(35)36/h8-9,11-12,32H,3-7,10,13-31H2,1-2H3,(H,35,36)/b9-8-,12-11-. The number of rotatable bonds is 29. The summed E-state index contributed by atoms with van der Waals surface area (Å²) in [5, 5.41) is 8.66. The highest BCUT2D eigenvalue weighted by Crippen LogP contribution is 2.17. The lowest BCUT2D eigenvalue weighted by molar-refractivity contribution is -0.150. The van der Waals surface area contributed by atoms with Gasteiger partial charge in [0.2, 0.25) is 0 Å². The second-order valence-electron chi connectivity index (χ2n) is 11.0. The van der Waals surface area contributed by atoms with E-state index in [1.807, 2.05) is 0 Å². The molecule has 0 aromatic heterocycles. The van der Waals surface area contributed by atoms with E-state index < -0.39 is 5.97 Å². The Morgan fingerprint density at radius 1 is 0.579 bits per heavy atom. The smallest absolute Gasteiger partial charge is 0.306 e. The molecule has 1 N–H and O–H groups in total. The molecule has 38 heavy (non-hydrogen) atoms. The van der Waals surface area contributed by atoms with Gasteiger partial charge in [-0.3, -0.25) is 9.59 Å². The van der Waals surface area contributed by atoms with Crippen LogP contribution in [0.1, 0.15) is 174 Å². The summed E-state index contributed by atoms with van der Waals surface area (Å²) < 4.78 is 5.80. The third-order valence-electron chi connectivity index (χ3n) is 7.16. The molecule has 0 spiro atoms. The Labute approximate surface area is 236 Å². The Balaban J connectivity index is 3.58. The fourth-order valence-corrected chi connectivity index (χ4v) is 4.80. The van der Waals surface area contributed by atoms with Crippen molar-refractivity contribution in [1.29, 1.82) is 0 Å². The highest BCUT2D eigenvalue weighted by atomic mass is 16.5. The van der Waals surface area contributed by atoms with E-state index >= 15 is 0 Å². The van der Waals surface area contributed by atoms with Crippen molar-refractivity contribution in [3.63, 3.8) is 0 Å². The van der Waals surface area contributed by atoms with Gasteiger partial charge < -0.3 is 9.84 Å². The first-order valence-corrected chi connectivity index (χ1v) is 16.3. The Bertz CT molecular complexity index is 581. The maximum atomic E-state index is 12.3. The average molecular weight is 535 g/mol.